The second-order valence-corrected chi connectivity index (χ2v) is 8.16. The first kappa shape index (κ1) is 20.2. The highest BCUT2D eigenvalue weighted by Gasteiger charge is 2.49. The molecular formula is C23H21BrN2O4. The van der Waals surface area contributed by atoms with E-state index >= 15 is 0 Å². The van der Waals surface area contributed by atoms with Crippen molar-refractivity contribution in [2.24, 2.45) is 0 Å². The summed E-state index contributed by atoms with van der Waals surface area (Å²) in [5, 5.41) is 4.95. The van der Waals surface area contributed by atoms with Crippen LogP contribution in [0.2, 0.25) is 0 Å². The van der Waals surface area contributed by atoms with Crippen molar-refractivity contribution < 1.29 is 19.1 Å². The molecule has 0 radical (unpaired) electrons. The molecule has 7 heteroatoms. The number of hydrogen-bond donors (Lipinski definition) is 1. The molecule has 0 aliphatic carbocycles. The Hall–Kier alpha value is -3.06. The molecule has 4 rings (SSSR count). The van der Waals surface area contributed by atoms with Crippen LogP contribution in [0.15, 0.2) is 59.1 Å². The van der Waals surface area contributed by atoms with Crippen LogP contribution in [-0.2, 0) is 16.9 Å². The third kappa shape index (κ3) is 3.29. The molecule has 6 nitrogen and oxygen atoms in total. The topological polar surface area (TPSA) is 67.9 Å². The van der Waals surface area contributed by atoms with Crippen LogP contribution in [0.5, 0.6) is 11.5 Å². The van der Waals surface area contributed by atoms with Gasteiger partial charge in [-0.25, -0.2) is 4.79 Å². The van der Waals surface area contributed by atoms with Crippen molar-refractivity contribution in [1.82, 2.24) is 10.2 Å². The average Bonchev–Trinajstić information content (AvgIpc) is 2.98. The summed E-state index contributed by atoms with van der Waals surface area (Å²) >= 11 is 3.42. The molecule has 154 valence electrons. The van der Waals surface area contributed by atoms with Gasteiger partial charge in [0.05, 0.1) is 25.2 Å². The minimum absolute atomic E-state index is 0.0701. The number of ether oxygens (including phenoxy) is 2. The minimum atomic E-state index is -1.15. The molecule has 0 bridgehead atoms. The van der Waals surface area contributed by atoms with Gasteiger partial charge < -0.3 is 14.8 Å². The minimum Gasteiger partial charge on any atom is -0.496 e. The Kier molecular flexibility index (Phi) is 5.15. The molecule has 0 aromatic heterocycles. The van der Waals surface area contributed by atoms with Crippen molar-refractivity contribution in [2.75, 3.05) is 14.2 Å². The van der Waals surface area contributed by atoms with Crippen molar-refractivity contribution in [3.05, 3.63) is 70.2 Å². The number of nitrogens with one attached hydrogen (secondary N) is 1. The van der Waals surface area contributed by atoms with Gasteiger partial charge in [-0.05, 0) is 57.4 Å². The number of methoxy groups -OCH3 is 2. The van der Waals surface area contributed by atoms with Gasteiger partial charge in [-0.2, -0.15) is 0 Å². The van der Waals surface area contributed by atoms with Gasteiger partial charge in [0, 0.05) is 5.56 Å². The van der Waals surface area contributed by atoms with E-state index in [-0.39, 0.29) is 12.5 Å². The van der Waals surface area contributed by atoms with E-state index in [0.29, 0.717) is 17.1 Å². The van der Waals surface area contributed by atoms with Gasteiger partial charge in [-0.1, -0.05) is 36.4 Å². The van der Waals surface area contributed by atoms with Crippen molar-refractivity contribution >= 4 is 38.6 Å². The van der Waals surface area contributed by atoms with E-state index in [0.717, 1.165) is 20.8 Å². The lowest BCUT2D eigenvalue weighted by Gasteiger charge is -2.23. The second kappa shape index (κ2) is 7.65. The normalized spacial score (nSPS) is 18.6. The van der Waals surface area contributed by atoms with E-state index in [9.17, 15) is 9.59 Å². The number of nitrogens with zero attached hydrogens (tertiary/aromatic N) is 1. The molecule has 3 aromatic rings. The Morgan fingerprint density at radius 1 is 0.967 bits per heavy atom. The number of amides is 3. The quantitative estimate of drug-likeness (QED) is 0.556. The highest BCUT2D eigenvalue weighted by molar-refractivity contribution is 9.10. The monoisotopic (exact) mass is 468 g/mol. The van der Waals surface area contributed by atoms with Crippen LogP contribution in [0.25, 0.3) is 10.8 Å². The first-order chi connectivity index (χ1) is 14.4. The summed E-state index contributed by atoms with van der Waals surface area (Å²) in [6.07, 6.45) is 0. The number of hydrogen-bond acceptors (Lipinski definition) is 4. The lowest BCUT2D eigenvalue weighted by Crippen LogP contribution is -2.40. The van der Waals surface area contributed by atoms with E-state index in [1.54, 1.807) is 33.3 Å². The van der Waals surface area contributed by atoms with E-state index in [4.69, 9.17) is 9.47 Å². The van der Waals surface area contributed by atoms with Crippen LogP contribution in [0.4, 0.5) is 4.79 Å². The molecule has 30 heavy (non-hydrogen) atoms. The first-order valence-corrected chi connectivity index (χ1v) is 10.2. The Bertz CT molecular complexity index is 1160. The molecule has 3 aromatic carbocycles. The number of imide groups is 1. The van der Waals surface area contributed by atoms with Gasteiger partial charge in [0.25, 0.3) is 5.91 Å². The zero-order valence-corrected chi connectivity index (χ0v) is 18.4. The summed E-state index contributed by atoms with van der Waals surface area (Å²) < 4.78 is 11.5. The van der Waals surface area contributed by atoms with E-state index < -0.39 is 11.6 Å². The van der Waals surface area contributed by atoms with Crippen LogP contribution in [0.1, 0.15) is 18.1 Å². The van der Waals surface area contributed by atoms with Gasteiger partial charge in [-0.3, -0.25) is 9.69 Å². The van der Waals surface area contributed by atoms with Gasteiger partial charge >= 0.3 is 6.03 Å². The second-order valence-electron chi connectivity index (χ2n) is 7.31. The molecule has 3 amide bonds. The van der Waals surface area contributed by atoms with Crippen molar-refractivity contribution in [3.8, 4) is 11.5 Å². The Morgan fingerprint density at radius 2 is 1.67 bits per heavy atom. The smallest absolute Gasteiger partial charge is 0.325 e. The van der Waals surface area contributed by atoms with Gasteiger partial charge in [-0.15, -0.1) is 0 Å². The molecule has 1 atom stereocenters. The Labute approximate surface area is 182 Å². The third-order valence-corrected chi connectivity index (χ3v) is 6.10. The maximum atomic E-state index is 13.4. The van der Waals surface area contributed by atoms with Gasteiger partial charge in [0.1, 0.15) is 17.0 Å². The van der Waals surface area contributed by atoms with E-state index in [2.05, 4.69) is 21.2 Å². The maximum Gasteiger partial charge on any atom is 0.325 e. The summed E-state index contributed by atoms with van der Waals surface area (Å²) in [6.45, 7) is 1.80. The third-order valence-electron chi connectivity index (χ3n) is 5.49. The molecule has 1 fully saturated rings. The Balaban J connectivity index is 1.69. The standard InChI is InChI=1S/C23H21BrN2O4/c1-23(17-9-8-14-6-4-5-7-15(14)10-17)21(27)26(22(28)25-23)13-16-11-20(30-3)18(24)12-19(16)29-2/h4-12H,13H2,1-3H3,(H,25,28). The highest BCUT2D eigenvalue weighted by Crippen LogP contribution is 2.36. The summed E-state index contributed by atoms with van der Waals surface area (Å²) in [4.78, 5) is 27.3. The predicted octanol–water partition coefficient (Wildman–Crippen LogP) is 4.59. The zero-order chi connectivity index (χ0) is 21.5. The largest absolute Gasteiger partial charge is 0.496 e. The van der Waals surface area contributed by atoms with E-state index in [1.807, 2.05) is 42.5 Å². The number of carbonyl (C=O) groups excluding carboxylic acids is 2. The molecule has 1 saturated heterocycles. The SMILES string of the molecule is COc1cc(CN2C(=O)NC(C)(c3ccc4ccccc4c3)C2=O)c(OC)cc1Br. The molecule has 0 spiro atoms. The van der Waals surface area contributed by atoms with Crippen molar-refractivity contribution in [3.63, 3.8) is 0 Å². The van der Waals surface area contributed by atoms with Crippen LogP contribution in [0.3, 0.4) is 0 Å². The van der Waals surface area contributed by atoms with Crippen molar-refractivity contribution in [2.45, 2.75) is 19.0 Å². The summed E-state index contributed by atoms with van der Waals surface area (Å²) in [5.41, 5.74) is 0.263. The maximum absolute atomic E-state index is 13.4. The van der Waals surface area contributed by atoms with Gasteiger partial charge in [0.2, 0.25) is 0 Å². The molecule has 1 aliphatic heterocycles. The zero-order valence-electron chi connectivity index (χ0n) is 16.9. The molecule has 0 saturated carbocycles. The number of carbonyl (C=O) groups is 2. The first-order valence-electron chi connectivity index (χ1n) is 9.41. The van der Waals surface area contributed by atoms with Crippen LogP contribution < -0.4 is 14.8 Å². The molecular weight excluding hydrogens is 448 g/mol. The van der Waals surface area contributed by atoms with Gasteiger partial charge in [0.15, 0.2) is 0 Å². The van der Waals surface area contributed by atoms with Crippen LogP contribution in [0, 0.1) is 0 Å². The van der Waals surface area contributed by atoms with E-state index in [1.165, 1.54) is 4.90 Å². The fourth-order valence-electron chi connectivity index (χ4n) is 3.75. The Morgan fingerprint density at radius 3 is 2.37 bits per heavy atom. The van der Waals surface area contributed by atoms with Crippen LogP contribution >= 0.6 is 15.9 Å². The van der Waals surface area contributed by atoms with Crippen molar-refractivity contribution in [1.29, 1.82) is 0 Å². The number of benzene rings is 3. The summed E-state index contributed by atoms with van der Waals surface area (Å²) in [6, 6.07) is 16.8. The lowest BCUT2D eigenvalue weighted by atomic mass is 9.90. The molecule has 1 N–H and O–H groups in total. The number of rotatable bonds is 5. The molecule has 1 aliphatic rings. The number of halogens is 1. The molecule has 1 heterocycles. The number of urea groups is 1. The highest BCUT2D eigenvalue weighted by atomic mass is 79.9. The predicted molar refractivity (Wildman–Crippen MR) is 118 cm³/mol. The molecule has 1 unspecified atom stereocenters. The lowest BCUT2D eigenvalue weighted by molar-refractivity contribution is -0.131. The summed E-state index contributed by atoms with van der Waals surface area (Å²) in [5.74, 6) is 0.837. The van der Waals surface area contributed by atoms with Crippen LogP contribution in [-0.4, -0.2) is 31.1 Å². The fraction of sp³-hybridized carbons (Fsp3) is 0.217. The fourth-order valence-corrected chi connectivity index (χ4v) is 4.24. The summed E-state index contributed by atoms with van der Waals surface area (Å²) in [7, 11) is 3.10. The number of fused-ring (bicyclic) bond motifs is 1. The average molecular weight is 469 g/mol.